The molecule has 102 valence electrons. The Bertz CT molecular complexity index is 323. The predicted molar refractivity (Wildman–Crippen MR) is 81.1 cm³/mol. The van der Waals surface area contributed by atoms with Crippen LogP contribution in [0.5, 0.6) is 0 Å². The molecule has 1 nitrogen and oxygen atoms in total. The molecule has 0 aliphatic rings. The Morgan fingerprint density at radius 1 is 0.944 bits per heavy atom. The van der Waals surface area contributed by atoms with Gasteiger partial charge in [0.05, 0.1) is 0 Å². The standard InChI is InChI=1S/C17H29N/c1-5-7-8-9-17(18-10-6-2)16-12-14(3)11-15(4)13-16/h11-13,17-18H,5-10H2,1-4H3. The van der Waals surface area contributed by atoms with Gasteiger partial charge in [0.15, 0.2) is 0 Å². The van der Waals surface area contributed by atoms with Crippen molar-refractivity contribution in [2.45, 2.75) is 65.8 Å². The zero-order chi connectivity index (χ0) is 13.4. The summed E-state index contributed by atoms with van der Waals surface area (Å²) < 4.78 is 0. The summed E-state index contributed by atoms with van der Waals surface area (Å²) in [6.45, 7) is 10.0. The van der Waals surface area contributed by atoms with E-state index in [1.807, 2.05) is 0 Å². The predicted octanol–water partition coefficient (Wildman–Crippen LogP) is 4.92. The van der Waals surface area contributed by atoms with Crippen molar-refractivity contribution < 1.29 is 0 Å². The molecule has 0 fully saturated rings. The van der Waals surface area contributed by atoms with Crippen LogP contribution >= 0.6 is 0 Å². The molecule has 0 aliphatic carbocycles. The minimum absolute atomic E-state index is 0.537. The number of nitrogens with one attached hydrogen (secondary N) is 1. The van der Waals surface area contributed by atoms with Gasteiger partial charge in [-0.05, 0) is 38.8 Å². The van der Waals surface area contributed by atoms with Crippen molar-refractivity contribution in [2.24, 2.45) is 0 Å². The average Bonchev–Trinajstić information content (AvgIpc) is 2.32. The van der Waals surface area contributed by atoms with E-state index in [0.717, 1.165) is 6.54 Å². The van der Waals surface area contributed by atoms with Crippen LogP contribution < -0.4 is 5.32 Å². The summed E-state index contributed by atoms with van der Waals surface area (Å²) in [5.41, 5.74) is 4.23. The molecule has 1 heteroatoms. The molecule has 1 unspecified atom stereocenters. The second-order valence-electron chi connectivity index (χ2n) is 5.42. The molecule has 0 amide bonds. The van der Waals surface area contributed by atoms with Crippen LogP contribution in [0.4, 0.5) is 0 Å². The molecule has 0 radical (unpaired) electrons. The fourth-order valence-electron chi connectivity index (χ4n) is 2.51. The first kappa shape index (κ1) is 15.2. The number of hydrogen-bond donors (Lipinski definition) is 1. The van der Waals surface area contributed by atoms with Crippen LogP contribution in [-0.2, 0) is 0 Å². The summed E-state index contributed by atoms with van der Waals surface area (Å²) in [5.74, 6) is 0. The molecule has 0 heterocycles. The van der Waals surface area contributed by atoms with E-state index in [1.54, 1.807) is 0 Å². The van der Waals surface area contributed by atoms with Gasteiger partial charge in [-0.1, -0.05) is 62.4 Å². The van der Waals surface area contributed by atoms with Crippen molar-refractivity contribution in [1.82, 2.24) is 5.32 Å². The van der Waals surface area contributed by atoms with Gasteiger partial charge in [-0.3, -0.25) is 0 Å². The molecule has 1 aromatic carbocycles. The van der Waals surface area contributed by atoms with Gasteiger partial charge < -0.3 is 5.32 Å². The minimum atomic E-state index is 0.537. The van der Waals surface area contributed by atoms with E-state index in [4.69, 9.17) is 0 Å². The Morgan fingerprint density at radius 3 is 2.17 bits per heavy atom. The van der Waals surface area contributed by atoms with Gasteiger partial charge in [-0.25, -0.2) is 0 Å². The fraction of sp³-hybridized carbons (Fsp3) is 0.647. The van der Waals surface area contributed by atoms with Crippen molar-refractivity contribution in [3.63, 3.8) is 0 Å². The van der Waals surface area contributed by atoms with Crippen LogP contribution in [-0.4, -0.2) is 6.54 Å². The summed E-state index contributed by atoms with van der Waals surface area (Å²) >= 11 is 0. The Kier molecular flexibility index (Phi) is 7.04. The highest BCUT2D eigenvalue weighted by atomic mass is 14.9. The number of rotatable bonds is 8. The van der Waals surface area contributed by atoms with Crippen LogP contribution in [0, 0.1) is 13.8 Å². The van der Waals surface area contributed by atoms with E-state index < -0.39 is 0 Å². The number of benzene rings is 1. The molecule has 18 heavy (non-hydrogen) atoms. The molecule has 1 atom stereocenters. The van der Waals surface area contributed by atoms with Crippen LogP contribution in [0.25, 0.3) is 0 Å². The van der Waals surface area contributed by atoms with Gasteiger partial charge in [0, 0.05) is 6.04 Å². The zero-order valence-electron chi connectivity index (χ0n) is 12.6. The second kappa shape index (κ2) is 8.31. The summed E-state index contributed by atoms with van der Waals surface area (Å²) in [5, 5.41) is 3.70. The topological polar surface area (TPSA) is 12.0 Å². The van der Waals surface area contributed by atoms with Gasteiger partial charge in [0.1, 0.15) is 0 Å². The van der Waals surface area contributed by atoms with Gasteiger partial charge in [-0.2, -0.15) is 0 Å². The Hall–Kier alpha value is -0.820. The lowest BCUT2D eigenvalue weighted by atomic mass is 9.97. The van der Waals surface area contributed by atoms with Crippen molar-refractivity contribution in [3.8, 4) is 0 Å². The molecular formula is C17H29N. The second-order valence-corrected chi connectivity index (χ2v) is 5.42. The lowest BCUT2D eigenvalue weighted by Gasteiger charge is -2.20. The Morgan fingerprint density at radius 2 is 1.61 bits per heavy atom. The van der Waals surface area contributed by atoms with Crippen LogP contribution in [0.15, 0.2) is 18.2 Å². The third kappa shape index (κ3) is 5.22. The van der Waals surface area contributed by atoms with Crippen molar-refractivity contribution in [1.29, 1.82) is 0 Å². The summed E-state index contributed by atoms with van der Waals surface area (Å²) in [4.78, 5) is 0. The van der Waals surface area contributed by atoms with Crippen LogP contribution in [0.2, 0.25) is 0 Å². The fourth-order valence-corrected chi connectivity index (χ4v) is 2.51. The minimum Gasteiger partial charge on any atom is -0.310 e. The van der Waals surface area contributed by atoms with Crippen molar-refractivity contribution in [2.75, 3.05) is 6.54 Å². The Labute approximate surface area is 113 Å². The zero-order valence-corrected chi connectivity index (χ0v) is 12.6. The lowest BCUT2D eigenvalue weighted by Crippen LogP contribution is -2.22. The van der Waals surface area contributed by atoms with E-state index in [2.05, 4.69) is 51.2 Å². The number of unbranched alkanes of at least 4 members (excludes halogenated alkanes) is 2. The first-order valence-corrected chi connectivity index (χ1v) is 7.49. The first-order chi connectivity index (χ1) is 8.67. The molecule has 0 aromatic heterocycles. The van der Waals surface area contributed by atoms with Gasteiger partial charge in [0.25, 0.3) is 0 Å². The van der Waals surface area contributed by atoms with E-state index in [-0.39, 0.29) is 0 Å². The molecule has 0 bridgehead atoms. The van der Waals surface area contributed by atoms with Gasteiger partial charge in [-0.15, -0.1) is 0 Å². The molecule has 1 rings (SSSR count). The highest BCUT2D eigenvalue weighted by Crippen LogP contribution is 2.22. The van der Waals surface area contributed by atoms with E-state index in [1.165, 1.54) is 48.8 Å². The maximum absolute atomic E-state index is 3.70. The molecular weight excluding hydrogens is 218 g/mol. The molecule has 0 spiro atoms. The average molecular weight is 247 g/mol. The van der Waals surface area contributed by atoms with E-state index in [9.17, 15) is 0 Å². The number of hydrogen-bond acceptors (Lipinski definition) is 1. The van der Waals surface area contributed by atoms with Crippen LogP contribution in [0.1, 0.15) is 68.7 Å². The van der Waals surface area contributed by atoms with Crippen molar-refractivity contribution in [3.05, 3.63) is 34.9 Å². The number of aryl methyl sites for hydroxylation is 2. The van der Waals surface area contributed by atoms with E-state index in [0.29, 0.717) is 6.04 Å². The summed E-state index contributed by atoms with van der Waals surface area (Å²) in [6.07, 6.45) is 6.43. The molecule has 0 saturated heterocycles. The smallest absolute Gasteiger partial charge is 0.0320 e. The third-order valence-corrected chi connectivity index (χ3v) is 3.38. The molecule has 1 aromatic rings. The normalized spacial score (nSPS) is 12.7. The van der Waals surface area contributed by atoms with Gasteiger partial charge in [0.2, 0.25) is 0 Å². The maximum Gasteiger partial charge on any atom is 0.0320 e. The summed E-state index contributed by atoms with van der Waals surface area (Å²) in [7, 11) is 0. The molecule has 0 saturated carbocycles. The van der Waals surface area contributed by atoms with E-state index >= 15 is 0 Å². The van der Waals surface area contributed by atoms with Crippen molar-refractivity contribution >= 4 is 0 Å². The van der Waals surface area contributed by atoms with Crippen LogP contribution in [0.3, 0.4) is 0 Å². The molecule has 0 aliphatic heterocycles. The Balaban J connectivity index is 2.72. The maximum atomic E-state index is 3.70. The molecule has 1 N–H and O–H groups in total. The monoisotopic (exact) mass is 247 g/mol. The quantitative estimate of drug-likeness (QED) is 0.643. The summed E-state index contributed by atoms with van der Waals surface area (Å²) in [6, 6.07) is 7.47. The lowest BCUT2D eigenvalue weighted by molar-refractivity contribution is 0.474. The largest absolute Gasteiger partial charge is 0.310 e. The highest BCUT2D eigenvalue weighted by Gasteiger charge is 2.10. The highest BCUT2D eigenvalue weighted by molar-refractivity contribution is 5.30. The third-order valence-electron chi connectivity index (χ3n) is 3.38. The first-order valence-electron chi connectivity index (χ1n) is 7.49. The SMILES string of the molecule is CCCCCC(NCCC)c1cc(C)cc(C)c1. The van der Waals surface area contributed by atoms with Gasteiger partial charge >= 0.3 is 0 Å².